The fourth-order valence-corrected chi connectivity index (χ4v) is 2.48. The highest BCUT2D eigenvalue weighted by Gasteiger charge is 2.24. The lowest BCUT2D eigenvalue weighted by atomic mass is 9.97. The number of aryl methyl sites for hydroxylation is 2. The van der Waals surface area contributed by atoms with E-state index in [1.54, 1.807) is 0 Å². The molecule has 0 saturated carbocycles. The molecule has 2 rings (SSSR count). The average Bonchev–Trinajstić information content (AvgIpc) is 2.68. The van der Waals surface area contributed by atoms with Crippen LogP contribution in [0.15, 0.2) is 18.2 Å². The van der Waals surface area contributed by atoms with Gasteiger partial charge in [0.1, 0.15) is 0 Å². The summed E-state index contributed by atoms with van der Waals surface area (Å²) in [5.74, 6) is 0.158. The second-order valence-electron chi connectivity index (χ2n) is 5.35. The van der Waals surface area contributed by atoms with Gasteiger partial charge >= 0.3 is 5.96 Å². The lowest BCUT2D eigenvalue weighted by molar-refractivity contribution is -0.380. The topological polar surface area (TPSA) is 140 Å². The summed E-state index contributed by atoms with van der Waals surface area (Å²) in [5, 5.41) is 0. The quantitative estimate of drug-likeness (QED) is 0.341. The third-order valence-electron chi connectivity index (χ3n) is 3.22. The third kappa shape index (κ3) is 6.68. The summed E-state index contributed by atoms with van der Waals surface area (Å²) in [6, 6.07) is 6.43. The predicted molar refractivity (Wildman–Crippen MR) is 81.8 cm³/mol. The van der Waals surface area contributed by atoms with Crippen molar-refractivity contribution in [1.82, 2.24) is 0 Å². The highest BCUT2D eigenvalue weighted by atomic mass is 32.2. The van der Waals surface area contributed by atoms with E-state index >= 15 is 0 Å². The zero-order valence-corrected chi connectivity index (χ0v) is 13.4. The highest BCUT2D eigenvalue weighted by molar-refractivity contribution is 7.84. The van der Waals surface area contributed by atoms with Crippen LogP contribution in [0.2, 0.25) is 0 Å². The zero-order valence-electron chi connectivity index (χ0n) is 12.6. The SMILES string of the molecule is CS(=O)(=O)[O-].Cc1ccc2c(c1)CCC2CC(=O)[NH+]=C(N)N. The van der Waals surface area contributed by atoms with E-state index in [2.05, 4.69) is 30.1 Å². The average molecular weight is 327 g/mol. The molecule has 0 saturated heterocycles. The molecule has 0 fully saturated rings. The van der Waals surface area contributed by atoms with Crippen LogP contribution in [0.3, 0.4) is 0 Å². The van der Waals surface area contributed by atoms with E-state index in [0.29, 0.717) is 18.6 Å². The van der Waals surface area contributed by atoms with Crippen molar-refractivity contribution < 1.29 is 22.8 Å². The van der Waals surface area contributed by atoms with Gasteiger partial charge in [0.2, 0.25) is 0 Å². The first-order chi connectivity index (χ1) is 10.1. The van der Waals surface area contributed by atoms with Gasteiger partial charge in [-0.05, 0) is 36.8 Å². The van der Waals surface area contributed by atoms with Crippen LogP contribution in [0, 0.1) is 6.92 Å². The molecule has 1 aromatic rings. The summed E-state index contributed by atoms with van der Waals surface area (Å²) in [5.41, 5.74) is 14.4. The van der Waals surface area contributed by atoms with Crippen LogP contribution in [0.5, 0.6) is 0 Å². The number of fused-ring (bicyclic) bond motifs is 1. The number of rotatable bonds is 2. The van der Waals surface area contributed by atoms with Gasteiger partial charge in [-0.25, -0.2) is 13.4 Å². The van der Waals surface area contributed by atoms with Crippen molar-refractivity contribution in [2.24, 2.45) is 11.5 Å². The molecule has 0 aliphatic heterocycles. The van der Waals surface area contributed by atoms with E-state index in [1.807, 2.05) is 0 Å². The van der Waals surface area contributed by atoms with Gasteiger partial charge in [0.15, 0.2) is 0 Å². The van der Waals surface area contributed by atoms with E-state index in [9.17, 15) is 4.79 Å². The monoisotopic (exact) mass is 327 g/mol. The summed E-state index contributed by atoms with van der Waals surface area (Å²) >= 11 is 0. The van der Waals surface area contributed by atoms with Gasteiger partial charge in [0.05, 0.1) is 10.1 Å². The Bertz CT molecular complexity index is 671. The number of benzene rings is 1. The molecule has 0 radical (unpaired) electrons. The highest BCUT2D eigenvalue weighted by Crippen LogP contribution is 2.35. The van der Waals surface area contributed by atoms with Crippen molar-refractivity contribution in [2.45, 2.75) is 32.1 Å². The normalized spacial score (nSPS) is 16.2. The van der Waals surface area contributed by atoms with Crippen molar-refractivity contribution in [2.75, 3.05) is 6.26 Å². The molecule has 0 aromatic heterocycles. The largest absolute Gasteiger partial charge is 0.748 e. The molecule has 7 nitrogen and oxygen atoms in total. The minimum atomic E-state index is -3.92. The van der Waals surface area contributed by atoms with Gasteiger partial charge < -0.3 is 4.55 Å². The number of carbonyl (C=O) groups is 1. The Labute approximate surface area is 130 Å². The molecular formula is C14H21N3O4S. The molecule has 0 spiro atoms. The Hall–Kier alpha value is -1.93. The number of amides is 1. The summed E-state index contributed by atoms with van der Waals surface area (Å²) in [7, 11) is -3.92. The van der Waals surface area contributed by atoms with Crippen LogP contribution in [0.1, 0.15) is 35.4 Å². The Kier molecular flexibility index (Phi) is 6.07. The maximum absolute atomic E-state index is 11.6. The smallest absolute Gasteiger partial charge is 0.346 e. The van der Waals surface area contributed by atoms with Crippen LogP contribution in [0.25, 0.3) is 0 Å². The van der Waals surface area contributed by atoms with E-state index < -0.39 is 10.1 Å². The molecule has 0 bridgehead atoms. The lowest BCUT2D eigenvalue weighted by Gasteiger charge is -2.08. The minimum Gasteiger partial charge on any atom is -0.748 e. The molecule has 5 N–H and O–H groups in total. The molecule has 22 heavy (non-hydrogen) atoms. The Balaban J connectivity index is 0.000000422. The number of hydrogen-bond donors (Lipinski definition) is 3. The van der Waals surface area contributed by atoms with Crippen molar-refractivity contribution in [3.63, 3.8) is 0 Å². The van der Waals surface area contributed by atoms with Gasteiger partial charge in [-0.2, -0.15) is 0 Å². The van der Waals surface area contributed by atoms with Crippen LogP contribution >= 0.6 is 0 Å². The number of hydrogen-bond acceptors (Lipinski definition) is 4. The van der Waals surface area contributed by atoms with Gasteiger partial charge in [-0.15, -0.1) is 0 Å². The van der Waals surface area contributed by atoms with Crippen molar-refractivity contribution in [3.05, 3.63) is 34.9 Å². The van der Waals surface area contributed by atoms with Crippen LogP contribution < -0.4 is 16.5 Å². The second-order valence-corrected chi connectivity index (χ2v) is 6.76. The molecule has 8 heteroatoms. The van der Waals surface area contributed by atoms with E-state index in [4.69, 9.17) is 24.4 Å². The summed E-state index contributed by atoms with van der Waals surface area (Å²) in [6.07, 6.45) is 3.13. The third-order valence-corrected chi connectivity index (χ3v) is 3.22. The number of carbonyl (C=O) groups excluding carboxylic acids is 1. The Morgan fingerprint density at radius 2 is 2.00 bits per heavy atom. The first-order valence-corrected chi connectivity index (χ1v) is 8.56. The minimum absolute atomic E-state index is 0.0304. The number of nitrogens with one attached hydrogen (secondary N) is 1. The standard InChI is InChI=1S/C13H17N3O.CH4O3S/c1-8-2-5-11-9(6-8)3-4-10(11)7-12(17)16-13(14)15;1-5(2,3)4/h2,5-6,10H,3-4,7H2,1H3,(H4,14,15,16,17);1H3,(H,2,3,4). The Morgan fingerprint density at radius 1 is 1.41 bits per heavy atom. The van der Waals surface area contributed by atoms with E-state index in [1.165, 1.54) is 16.7 Å². The maximum Gasteiger partial charge on any atom is 0.346 e. The lowest BCUT2D eigenvalue weighted by Crippen LogP contribution is -2.81. The van der Waals surface area contributed by atoms with Crippen LogP contribution in [-0.2, 0) is 21.3 Å². The van der Waals surface area contributed by atoms with Gasteiger partial charge in [-0.3, -0.25) is 16.3 Å². The molecule has 1 aromatic carbocycles. The predicted octanol–water partition coefficient (Wildman–Crippen LogP) is -1.54. The van der Waals surface area contributed by atoms with Crippen molar-refractivity contribution in [3.8, 4) is 0 Å². The van der Waals surface area contributed by atoms with E-state index in [0.717, 1.165) is 12.8 Å². The van der Waals surface area contributed by atoms with Crippen LogP contribution in [-0.4, -0.2) is 31.1 Å². The van der Waals surface area contributed by atoms with Crippen molar-refractivity contribution in [1.29, 1.82) is 0 Å². The zero-order chi connectivity index (χ0) is 16.9. The van der Waals surface area contributed by atoms with Gasteiger partial charge in [0.25, 0.3) is 5.91 Å². The summed E-state index contributed by atoms with van der Waals surface area (Å²) in [4.78, 5) is 14.0. The number of nitrogens with two attached hydrogens (primary N) is 2. The first kappa shape index (κ1) is 18.1. The summed E-state index contributed by atoms with van der Waals surface area (Å²) in [6.45, 7) is 2.09. The number of guanidine groups is 1. The summed E-state index contributed by atoms with van der Waals surface area (Å²) < 4.78 is 27.2. The second kappa shape index (κ2) is 7.37. The first-order valence-electron chi connectivity index (χ1n) is 6.74. The van der Waals surface area contributed by atoms with E-state index in [-0.39, 0.29) is 11.9 Å². The molecule has 1 unspecified atom stereocenters. The fourth-order valence-electron chi connectivity index (χ4n) is 2.48. The molecule has 1 amide bonds. The molecule has 1 aliphatic rings. The molecule has 0 heterocycles. The molecule has 1 aliphatic carbocycles. The fraction of sp³-hybridized carbons (Fsp3) is 0.429. The molecule has 1 atom stereocenters. The van der Waals surface area contributed by atoms with Crippen LogP contribution in [0.4, 0.5) is 0 Å². The van der Waals surface area contributed by atoms with Gasteiger partial charge in [0, 0.05) is 12.7 Å². The van der Waals surface area contributed by atoms with Crippen molar-refractivity contribution >= 4 is 22.0 Å². The molecule has 122 valence electrons. The molecular weight excluding hydrogens is 306 g/mol. The van der Waals surface area contributed by atoms with Gasteiger partial charge in [-0.1, -0.05) is 23.8 Å². The Morgan fingerprint density at radius 3 is 2.55 bits per heavy atom. The maximum atomic E-state index is 11.6.